The van der Waals surface area contributed by atoms with E-state index in [1.165, 1.54) is 0 Å². The van der Waals surface area contributed by atoms with Crippen LogP contribution in [0.1, 0.15) is 0 Å². The Bertz CT molecular complexity index is 86.6. The standard InChI is InChI=1S/Fe.H2O5S2/c;1-6(2)5-7(3)4/h;(H,1,2)(H,3,4). The van der Waals surface area contributed by atoms with E-state index >= 15 is 0 Å². The van der Waals surface area contributed by atoms with E-state index in [2.05, 4.69) is 3.63 Å². The summed E-state index contributed by atoms with van der Waals surface area (Å²) in [6.45, 7) is 0. The molecule has 52 valence electrons. The number of hydrogen-bond donors (Lipinski definition) is 2. The molecule has 8 heteroatoms. The normalized spacial score (nSPS) is 16.2. The van der Waals surface area contributed by atoms with Crippen molar-refractivity contribution in [2.24, 2.45) is 0 Å². The molecular weight excluding hydrogens is 200 g/mol. The van der Waals surface area contributed by atoms with Gasteiger partial charge in [-0.05, 0) is 0 Å². The van der Waals surface area contributed by atoms with Crippen LogP contribution in [-0.2, 0) is 43.4 Å². The van der Waals surface area contributed by atoms with Crippen LogP contribution in [0, 0.1) is 0 Å². The molecule has 5 nitrogen and oxygen atoms in total. The van der Waals surface area contributed by atoms with E-state index in [-0.39, 0.29) is 17.1 Å². The van der Waals surface area contributed by atoms with Crippen molar-refractivity contribution in [1.29, 1.82) is 0 Å². The summed E-state index contributed by atoms with van der Waals surface area (Å²) in [4.78, 5) is 0. The van der Waals surface area contributed by atoms with Gasteiger partial charge in [0.25, 0.3) is 0 Å². The quantitative estimate of drug-likeness (QED) is 0.455. The Morgan fingerprint density at radius 2 is 1.38 bits per heavy atom. The van der Waals surface area contributed by atoms with E-state index in [0.29, 0.717) is 0 Å². The van der Waals surface area contributed by atoms with Gasteiger partial charge in [0.1, 0.15) is 0 Å². The average molecular weight is 202 g/mol. The SMILES string of the molecule is O=S(O)OS(=O)O.[Fe]. The van der Waals surface area contributed by atoms with Gasteiger partial charge in [0.2, 0.25) is 0 Å². The van der Waals surface area contributed by atoms with E-state index in [1.807, 2.05) is 0 Å². The Balaban J connectivity index is 0. The molecule has 2 N–H and O–H groups in total. The molecule has 0 heterocycles. The van der Waals surface area contributed by atoms with E-state index in [9.17, 15) is 8.42 Å². The van der Waals surface area contributed by atoms with E-state index in [1.54, 1.807) is 0 Å². The van der Waals surface area contributed by atoms with E-state index in [0.717, 1.165) is 0 Å². The molecule has 0 saturated heterocycles. The van der Waals surface area contributed by atoms with Gasteiger partial charge < -0.3 is 0 Å². The van der Waals surface area contributed by atoms with Gasteiger partial charge in [-0.2, -0.15) is 8.42 Å². The predicted molar refractivity (Wildman–Crippen MR) is 22.6 cm³/mol. The molecule has 0 aliphatic carbocycles. The molecule has 0 saturated carbocycles. The maximum atomic E-state index is 9.35. The monoisotopic (exact) mass is 202 g/mol. The van der Waals surface area contributed by atoms with Gasteiger partial charge in [0.15, 0.2) is 0 Å². The van der Waals surface area contributed by atoms with Crippen LogP contribution in [0.25, 0.3) is 0 Å². The van der Waals surface area contributed by atoms with Crippen LogP contribution < -0.4 is 0 Å². The molecule has 0 aromatic carbocycles. The molecular formula is H2FeO5S2. The number of hydrogen-bond acceptors (Lipinski definition) is 3. The van der Waals surface area contributed by atoms with Crippen LogP contribution in [0.2, 0.25) is 0 Å². The minimum Gasteiger partial charge on any atom is -0.283 e. The summed E-state index contributed by atoms with van der Waals surface area (Å²) in [6.07, 6.45) is 0. The van der Waals surface area contributed by atoms with Gasteiger partial charge in [0.05, 0.1) is 0 Å². The second-order valence-corrected chi connectivity index (χ2v) is 1.92. The van der Waals surface area contributed by atoms with Crippen LogP contribution in [0.4, 0.5) is 0 Å². The van der Waals surface area contributed by atoms with Crippen molar-refractivity contribution in [3.63, 3.8) is 0 Å². The Hall–Kier alpha value is 0.699. The van der Waals surface area contributed by atoms with Gasteiger partial charge in [-0.15, -0.1) is 3.63 Å². The molecule has 0 rings (SSSR count). The fourth-order valence-corrected chi connectivity index (χ4v) is 0.448. The van der Waals surface area contributed by atoms with Crippen molar-refractivity contribution in [3.8, 4) is 0 Å². The first-order chi connectivity index (χ1) is 3.13. The first-order valence-corrected chi connectivity index (χ1v) is 3.10. The second-order valence-electron chi connectivity index (χ2n) is 0.502. The summed E-state index contributed by atoms with van der Waals surface area (Å²) >= 11 is -5.29. The van der Waals surface area contributed by atoms with Crippen LogP contribution in [0.3, 0.4) is 0 Å². The molecule has 0 aromatic rings. The third-order valence-corrected chi connectivity index (χ3v) is 1.05. The molecule has 0 unspecified atom stereocenters. The van der Waals surface area contributed by atoms with Gasteiger partial charge in [-0.25, -0.2) is 0 Å². The summed E-state index contributed by atoms with van der Waals surface area (Å²) in [5, 5.41) is 0. The average Bonchev–Trinajstić information content (AvgIpc) is 1.27. The maximum Gasteiger partial charge on any atom is 0.317 e. The van der Waals surface area contributed by atoms with Crippen molar-refractivity contribution in [2.45, 2.75) is 0 Å². The molecule has 0 radical (unpaired) electrons. The van der Waals surface area contributed by atoms with Crippen molar-refractivity contribution in [3.05, 3.63) is 0 Å². The van der Waals surface area contributed by atoms with Gasteiger partial charge in [-0.3, -0.25) is 9.11 Å². The molecule has 0 atom stereocenters. The third kappa shape index (κ3) is 9.85. The Kier molecular flexibility index (Phi) is 8.37. The molecule has 0 aliphatic rings. The van der Waals surface area contributed by atoms with Crippen LogP contribution in [0.15, 0.2) is 0 Å². The van der Waals surface area contributed by atoms with Crippen LogP contribution in [-0.4, -0.2) is 17.5 Å². The molecule has 0 aromatic heterocycles. The summed E-state index contributed by atoms with van der Waals surface area (Å²) < 4.78 is 37.2. The Labute approximate surface area is 61.3 Å². The molecule has 0 fully saturated rings. The van der Waals surface area contributed by atoms with Crippen molar-refractivity contribution < 1.29 is 38.2 Å². The molecule has 0 bridgehead atoms. The molecule has 0 spiro atoms. The smallest absolute Gasteiger partial charge is 0.283 e. The summed E-state index contributed by atoms with van der Waals surface area (Å²) in [5.74, 6) is 0. The fraction of sp³-hybridized carbons (Fsp3) is 0. The molecule has 0 aliphatic heterocycles. The summed E-state index contributed by atoms with van der Waals surface area (Å²) in [5.41, 5.74) is 0. The first kappa shape index (κ1) is 11.5. The topological polar surface area (TPSA) is 83.8 Å². The van der Waals surface area contributed by atoms with Crippen molar-refractivity contribution in [1.82, 2.24) is 0 Å². The Morgan fingerprint density at radius 1 is 1.12 bits per heavy atom. The van der Waals surface area contributed by atoms with Crippen molar-refractivity contribution in [2.75, 3.05) is 0 Å². The van der Waals surface area contributed by atoms with Gasteiger partial charge in [0, 0.05) is 17.1 Å². The zero-order chi connectivity index (χ0) is 5.86. The maximum absolute atomic E-state index is 9.35. The summed E-state index contributed by atoms with van der Waals surface area (Å²) in [6, 6.07) is 0. The van der Waals surface area contributed by atoms with E-state index < -0.39 is 22.7 Å². The van der Waals surface area contributed by atoms with E-state index in [4.69, 9.17) is 9.11 Å². The van der Waals surface area contributed by atoms with Crippen molar-refractivity contribution >= 4 is 22.7 Å². The Morgan fingerprint density at radius 3 is 1.38 bits per heavy atom. The second kappa shape index (κ2) is 5.83. The molecule has 0 amide bonds. The van der Waals surface area contributed by atoms with Gasteiger partial charge in [-0.1, -0.05) is 0 Å². The van der Waals surface area contributed by atoms with Crippen LogP contribution >= 0.6 is 0 Å². The zero-order valence-electron chi connectivity index (χ0n) is 3.29. The summed E-state index contributed by atoms with van der Waals surface area (Å²) in [7, 11) is 0. The first-order valence-electron chi connectivity index (χ1n) is 1.03. The predicted octanol–water partition coefficient (Wildman–Crippen LogP) is -0.726. The minimum atomic E-state index is -2.65. The largest absolute Gasteiger partial charge is 0.317 e. The number of rotatable bonds is 2. The minimum absolute atomic E-state index is 0. The van der Waals surface area contributed by atoms with Crippen LogP contribution in [0.5, 0.6) is 0 Å². The fourth-order valence-electron chi connectivity index (χ4n) is 0.0498. The molecule has 8 heavy (non-hydrogen) atoms. The third-order valence-electron chi connectivity index (χ3n) is 0.116. The zero-order valence-corrected chi connectivity index (χ0v) is 6.03. The van der Waals surface area contributed by atoms with Gasteiger partial charge >= 0.3 is 22.7 Å².